The van der Waals surface area contributed by atoms with Crippen LogP contribution >= 0.6 is 0 Å². The van der Waals surface area contributed by atoms with Crippen LogP contribution in [0, 0.1) is 0 Å². The fourth-order valence-electron chi connectivity index (χ4n) is 0.388. The third-order valence-corrected chi connectivity index (χ3v) is 0.860. The second-order valence-corrected chi connectivity index (χ2v) is 1.75. The van der Waals surface area contributed by atoms with Gasteiger partial charge in [-0.1, -0.05) is 0 Å². The van der Waals surface area contributed by atoms with E-state index in [0.717, 1.165) is 0 Å². The maximum atomic E-state index is 9.91. The van der Waals surface area contributed by atoms with Crippen molar-refractivity contribution in [3.8, 4) is 0 Å². The first kappa shape index (κ1) is 7.97. The van der Waals surface area contributed by atoms with E-state index in [1.807, 2.05) is 0 Å². The van der Waals surface area contributed by atoms with Crippen LogP contribution in [0.1, 0.15) is 6.42 Å². The molecule has 9 heavy (non-hydrogen) atoms. The summed E-state index contributed by atoms with van der Waals surface area (Å²) in [5, 5.41) is 0. The van der Waals surface area contributed by atoms with Gasteiger partial charge in [-0.2, -0.15) is 0 Å². The number of carbonyl (C=O) groups is 1. The zero-order chi connectivity index (χ0) is 7.28. The first-order valence-electron chi connectivity index (χ1n) is 2.57. The number of carbonyl (C=O) groups excluding carboxylic acids is 1. The van der Waals surface area contributed by atoms with Gasteiger partial charge in [0.2, 0.25) is 0 Å². The highest BCUT2D eigenvalue weighted by molar-refractivity contribution is 5.57. The van der Waals surface area contributed by atoms with Gasteiger partial charge in [0.15, 0.2) is 0 Å². The van der Waals surface area contributed by atoms with Crippen LogP contribution in [0.3, 0.4) is 0 Å². The Kier molecular flexibility index (Phi) is 3.46. The van der Waals surface area contributed by atoms with Crippen LogP contribution in [0.2, 0.25) is 0 Å². The smallest absolute Gasteiger partial charge is 0.137 e. The largest absolute Gasteiger partial charge is 0.403 e. The van der Waals surface area contributed by atoms with Gasteiger partial charge < -0.3 is 22.0 Å². The van der Waals surface area contributed by atoms with E-state index in [2.05, 4.69) is 0 Å². The van der Waals surface area contributed by atoms with E-state index in [1.165, 1.54) is 6.20 Å². The maximum absolute atomic E-state index is 9.91. The third kappa shape index (κ3) is 3.54. The molecule has 0 aromatic carbocycles. The fraction of sp³-hybridized carbons (Fsp3) is 0.400. The lowest BCUT2D eigenvalue weighted by molar-refractivity contribution is -0.108. The highest BCUT2D eigenvalue weighted by Crippen LogP contribution is 1.90. The Balaban J connectivity index is 3.59. The molecule has 0 saturated heterocycles. The Bertz CT molecular complexity index is 121. The Morgan fingerprint density at radius 2 is 2.22 bits per heavy atom. The number of nitrogens with two attached hydrogens (primary N) is 3. The van der Waals surface area contributed by atoms with Crippen LogP contribution in [0.15, 0.2) is 11.9 Å². The van der Waals surface area contributed by atoms with Gasteiger partial charge in [0.1, 0.15) is 6.29 Å². The predicted molar refractivity (Wildman–Crippen MR) is 35.1 cm³/mol. The summed E-state index contributed by atoms with van der Waals surface area (Å²) in [6, 6.07) is -0.523. The SMILES string of the molecule is N/C=C(\N)CC(N)C=O. The van der Waals surface area contributed by atoms with Crippen molar-refractivity contribution < 1.29 is 4.79 Å². The van der Waals surface area contributed by atoms with Gasteiger partial charge in [-0.05, 0) is 0 Å². The molecule has 0 fully saturated rings. The van der Waals surface area contributed by atoms with Gasteiger partial charge in [-0.3, -0.25) is 0 Å². The van der Waals surface area contributed by atoms with Crippen LogP contribution in [0.5, 0.6) is 0 Å². The molecule has 0 aliphatic carbocycles. The number of hydrogen-bond donors (Lipinski definition) is 3. The Morgan fingerprint density at radius 3 is 2.56 bits per heavy atom. The van der Waals surface area contributed by atoms with E-state index in [9.17, 15) is 4.79 Å². The summed E-state index contributed by atoms with van der Waals surface area (Å²) in [5.41, 5.74) is 15.9. The molecular weight excluding hydrogens is 118 g/mol. The van der Waals surface area contributed by atoms with Crippen molar-refractivity contribution in [3.05, 3.63) is 11.9 Å². The van der Waals surface area contributed by atoms with Crippen molar-refractivity contribution in [2.45, 2.75) is 12.5 Å². The first-order valence-corrected chi connectivity index (χ1v) is 2.57. The molecule has 0 aliphatic heterocycles. The van der Waals surface area contributed by atoms with Crippen LogP contribution in [0.4, 0.5) is 0 Å². The molecule has 0 saturated carbocycles. The van der Waals surface area contributed by atoms with Crippen LogP contribution in [0.25, 0.3) is 0 Å². The number of aldehydes is 1. The molecule has 1 atom stereocenters. The van der Waals surface area contributed by atoms with E-state index < -0.39 is 6.04 Å². The quantitative estimate of drug-likeness (QED) is 0.411. The molecule has 6 N–H and O–H groups in total. The van der Waals surface area contributed by atoms with Gasteiger partial charge >= 0.3 is 0 Å². The van der Waals surface area contributed by atoms with Crippen molar-refractivity contribution >= 4 is 6.29 Å². The average Bonchev–Trinajstić information content (AvgIpc) is 1.87. The highest BCUT2D eigenvalue weighted by atomic mass is 16.1. The molecule has 0 amide bonds. The normalized spacial score (nSPS) is 15.0. The molecule has 0 spiro atoms. The van der Waals surface area contributed by atoms with E-state index in [4.69, 9.17) is 17.2 Å². The molecule has 0 bridgehead atoms. The van der Waals surface area contributed by atoms with Gasteiger partial charge in [-0.25, -0.2) is 0 Å². The van der Waals surface area contributed by atoms with Gasteiger partial charge in [0.05, 0.1) is 6.04 Å². The number of hydrogen-bond acceptors (Lipinski definition) is 4. The second kappa shape index (κ2) is 3.91. The lowest BCUT2D eigenvalue weighted by atomic mass is 10.2. The van der Waals surface area contributed by atoms with E-state index >= 15 is 0 Å². The van der Waals surface area contributed by atoms with Gasteiger partial charge in [-0.15, -0.1) is 0 Å². The van der Waals surface area contributed by atoms with E-state index in [0.29, 0.717) is 18.4 Å². The lowest BCUT2D eigenvalue weighted by Gasteiger charge is -2.01. The first-order chi connectivity index (χ1) is 4.20. The molecule has 0 aromatic rings. The van der Waals surface area contributed by atoms with Crippen LogP contribution < -0.4 is 17.2 Å². The topological polar surface area (TPSA) is 95.1 Å². The molecule has 4 nitrogen and oxygen atoms in total. The molecule has 1 unspecified atom stereocenters. The van der Waals surface area contributed by atoms with Gasteiger partial charge in [0, 0.05) is 18.3 Å². The molecule has 0 aromatic heterocycles. The highest BCUT2D eigenvalue weighted by Gasteiger charge is 1.99. The second-order valence-electron chi connectivity index (χ2n) is 1.75. The molecule has 52 valence electrons. The monoisotopic (exact) mass is 129 g/mol. The lowest BCUT2D eigenvalue weighted by Crippen LogP contribution is -2.24. The summed E-state index contributed by atoms with van der Waals surface area (Å²) < 4.78 is 0. The fourth-order valence-corrected chi connectivity index (χ4v) is 0.388. The van der Waals surface area contributed by atoms with Gasteiger partial charge in [0.25, 0.3) is 0 Å². The molecule has 0 aliphatic rings. The standard InChI is InChI=1S/C5H11N3O/c6-2-4(7)1-5(8)3-9/h2-3,5H,1,6-8H2/b4-2-. The van der Waals surface area contributed by atoms with Crippen molar-refractivity contribution in [2.75, 3.05) is 0 Å². The van der Waals surface area contributed by atoms with Crippen molar-refractivity contribution in [1.29, 1.82) is 0 Å². The minimum atomic E-state index is -0.523. The molecule has 0 rings (SSSR count). The zero-order valence-corrected chi connectivity index (χ0v) is 5.08. The number of rotatable bonds is 3. The average molecular weight is 129 g/mol. The van der Waals surface area contributed by atoms with E-state index in [1.54, 1.807) is 0 Å². The minimum absolute atomic E-state index is 0.333. The molecule has 0 radical (unpaired) electrons. The minimum Gasteiger partial charge on any atom is -0.403 e. The maximum Gasteiger partial charge on any atom is 0.137 e. The summed E-state index contributed by atoms with van der Waals surface area (Å²) in [6.45, 7) is 0. The summed E-state index contributed by atoms with van der Waals surface area (Å²) in [5.74, 6) is 0. The Hall–Kier alpha value is -1.03. The molecule has 0 heterocycles. The zero-order valence-electron chi connectivity index (χ0n) is 5.08. The predicted octanol–water partition coefficient (Wildman–Crippen LogP) is -1.34. The van der Waals surface area contributed by atoms with Crippen molar-refractivity contribution in [2.24, 2.45) is 17.2 Å². The Morgan fingerprint density at radius 1 is 1.67 bits per heavy atom. The summed E-state index contributed by atoms with van der Waals surface area (Å²) in [7, 11) is 0. The summed E-state index contributed by atoms with van der Waals surface area (Å²) in [6.07, 6.45) is 2.21. The Labute approximate surface area is 53.7 Å². The van der Waals surface area contributed by atoms with Crippen LogP contribution in [-0.2, 0) is 4.79 Å². The van der Waals surface area contributed by atoms with E-state index in [-0.39, 0.29) is 0 Å². The molecule has 4 heteroatoms. The summed E-state index contributed by atoms with van der Waals surface area (Å²) in [4.78, 5) is 9.91. The van der Waals surface area contributed by atoms with Crippen molar-refractivity contribution in [1.82, 2.24) is 0 Å². The van der Waals surface area contributed by atoms with Crippen molar-refractivity contribution in [3.63, 3.8) is 0 Å². The summed E-state index contributed by atoms with van der Waals surface area (Å²) >= 11 is 0. The van der Waals surface area contributed by atoms with Crippen LogP contribution in [-0.4, -0.2) is 12.3 Å². The third-order valence-electron chi connectivity index (χ3n) is 0.860. The molecular formula is C5H11N3O.